The van der Waals surface area contributed by atoms with E-state index in [0.29, 0.717) is 19.3 Å². The maximum Gasteiger partial charge on any atom is 0.261 e. The van der Waals surface area contributed by atoms with Gasteiger partial charge in [-0.1, -0.05) is 177 Å². The summed E-state index contributed by atoms with van der Waals surface area (Å²) in [7, 11) is -5.67. The monoisotopic (exact) mass is 752 g/mol. The Morgan fingerprint density at radius 1 is 0.660 bits per heavy atom. The second-order valence-corrected chi connectivity index (χ2v) is 26.5. The quantitative estimate of drug-likeness (QED) is 0.103. The average molecular weight is 753 g/mol. The van der Waals surface area contributed by atoms with Crippen LogP contribution in [0, 0.1) is 5.92 Å². The van der Waals surface area contributed by atoms with E-state index in [0.717, 1.165) is 15.9 Å². The molecule has 0 heterocycles. The molecule has 0 bridgehead atoms. The third-order valence-electron chi connectivity index (χ3n) is 10.8. The van der Waals surface area contributed by atoms with Crippen molar-refractivity contribution in [3.63, 3.8) is 0 Å². The second-order valence-electron chi connectivity index (χ2n) is 17.5. The van der Waals surface area contributed by atoms with Crippen molar-refractivity contribution in [1.29, 1.82) is 0 Å². The van der Waals surface area contributed by atoms with Crippen LogP contribution in [0.15, 0.2) is 121 Å². The number of aryl methyl sites for hydroxylation is 1. The molecule has 4 atom stereocenters. The number of rotatable bonds is 18. The first-order chi connectivity index (χ1) is 25.0. The molecule has 286 valence electrons. The first kappa shape index (κ1) is 42.6. The van der Waals surface area contributed by atoms with Gasteiger partial charge in [0.2, 0.25) is 0 Å². The van der Waals surface area contributed by atoms with Gasteiger partial charge >= 0.3 is 0 Å². The predicted molar refractivity (Wildman–Crippen MR) is 225 cm³/mol. The van der Waals surface area contributed by atoms with Gasteiger partial charge in [0.1, 0.15) is 18.3 Å². The second kappa shape index (κ2) is 18.4. The Hall–Kier alpha value is -3.18. The summed E-state index contributed by atoms with van der Waals surface area (Å²) in [6.07, 6.45) is -2.26. The largest absolute Gasteiger partial charge is 0.404 e. The Labute approximate surface area is 322 Å². The van der Waals surface area contributed by atoms with Crippen LogP contribution in [0.4, 0.5) is 0 Å². The Morgan fingerprint density at radius 3 is 1.55 bits per heavy atom. The van der Waals surface area contributed by atoms with Crippen molar-refractivity contribution < 1.29 is 23.5 Å². The van der Waals surface area contributed by atoms with Gasteiger partial charge in [0.15, 0.2) is 14.1 Å². The van der Waals surface area contributed by atoms with E-state index >= 15 is 0 Å². The molecule has 0 saturated heterocycles. The van der Waals surface area contributed by atoms with E-state index in [1.165, 1.54) is 5.56 Å². The number of Topliss-reactive ketones (excluding diaryl/α,β-unsaturated/α-hetero) is 1. The number of hydrogen-bond acceptors (Lipinski definition) is 5. The highest BCUT2D eigenvalue weighted by atomic mass is 28.4. The van der Waals surface area contributed by atoms with Gasteiger partial charge in [-0.15, -0.1) is 0 Å². The van der Waals surface area contributed by atoms with Crippen molar-refractivity contribution in [3.8, 4) is 0 Å². The molecule has 0 aliphatic carbocycles. The lowest BCUT2D eigenvalue weighted by Crippen LogP contribution is -2.69. The van der Waals surface area contributed by atoms with Gasteiger partial charge < -0.3 is 18.7 Å². The van der Waals surface area contributed by atoms with Gasteiger partial charge in [-0.2, -0.15) is 0 Å². The van der Waals surface area contributed by atoms with E-state index in [1.807, 2.05) is 62.4 Å². The van der Waals surface area contributed by atoms with Gasteiger partial charge in [-0.3, -0.25) is 4.79 Å². The third kappa shape index (κ3) is 11.0. The van der Waals surface area contributed by atoms with E-state index in [1.54, 1.807) is 0 Å². The molecular weight excluding hydrogens is 689 g/mol. The zero-order chi connectivity index (χ0) is 38.9. The summed E-state index contributed by atoms with van der Waals surface area (Å²) < 4.78 is 21.8. The molecule has 0 amide bonds. The van der Waals surface area contributed by atoms with Crippen LogP contribution in [0.5, 0.6) is 0 Å². The summed E-state index contributed by atoms with van der Waals surface area (Å²) in [5, 5.41) is 14.6. The molecule has 0 spiro atoms. The maximum atomic E-state index is 14.3. The van der Waals surface area contributed by atoms with Crippen LogP contribution < -0.4 is 10.4 Å². The fourth-order valence-electron chi connectivity index (χ4n) is 6.87. The Kier molecular flexibility index (Phi) is 14.8. The first-order valence-electron chi connectivity index (χ1n) is 19.3. The smallest absolute Gasteiger partial charge is 0.261 e. The number of hydrogen-bond donors (Lipinski definition) is 1. The fourth-order valence-corrected chi connectivity index (χ4v) is 12.8. The molecule has 0 aliphatic heterocycles. The maximum absolute atomic E-state index is 14.3. The topological polar surface area (TPSA) is 65.0 Å². The van der Waals surface area contributed by atoms with Crippen LogP contribution >= 0.6 is 0 Å². The Morgan fingerprint density at radius 2 is 1.11 bits per heavy atom. The lowest BCUT2D eigenvalue weighted by molar-refractivity contribution is -0.153. The molecule has 4 aromatic carbocycles. The zero-order valence-electron chi connectivity index (χ0n) is 33.8. The van der Waals surface area contributed by atoms with E-state index in [-0.39, 0.29) is 28.4 Å². The van der Waals surface area contributed by atoms with Crippen molar-refractivity contribution >= 4 is 32.8 Å². The van der Waals surface area contributed by atoms with Crippen LogP contribution in [-0.4, -0.2) is 51.9 Å². The minimum Gasteiger partial charge on any atom is -0.404 e. The SMILES string of the molecule is CC(C)CC(=O)[C@@H](O[Si](C)(C)C(C)(C)C)[C@@H](O)[C@H](OCc1ccccc1)[C@@H](CCc1ccccc1)O[Si](c1ccccc1)(c1ccccc1)C(C)(C)C. The number of carbonyl (C=O) groups excluding carboxylic acids is 1. The standard InChI is InChI=1S/C46H64O5Si2/c1-35(2)33-40(47)43(51-52(9,10)45(3,4)5)42(48)44(49-34-37-25-17-12-18-26-37)41(32-31-36-23-15-11-16-24-36)50-53(46(6,7)8,38-27-19-13-20-28-38)39-29-21-14-22-30-39/h11-30,35,41-44,48H,31-34H2,1-10H3/t41-,42-,43-,44-/m1/s1. The normalized spacial score (nSPS) is 15.2. The number of ketones is 1. The highest BCUT2D eigenvalue weighted by molar-refractivity contribution is 6.99. The average Bonchev–Trinajstić information content (AvgIpc) is 3.11. The number of ether oxygens (including phenoxy) is 1. The Bertz CT molecular complexity index is 1630. The Balaban J connectivity index is 1.95. The highest BCUT2D eigenvalue weighted by Crippen LogP contribution is 2.41. The lowest BCUT2D eigenvalue weighted by atomic mass is 9.93. The molecular formula is C46H64O5Si2. The van der Waals surface area contributed by atoms with Gasteiger partial charge in [-0.25, -0.2) is 0 Å². The molecule has 0 unspecified atom stereocenters. The molecule has 7 heteroatoms. The first-order valence-corrected chi connectivity index (χ1v) is 24.1. The van der Waals surface area contributed by atoms with E-state index in [4.69, 9.17) is 13.6 Å². The van der Waals surface area contributed by atoms with Crippen LogP contribution in [-0.2, 0) is 31.4 Å². The molecule has 0 radical (unpaired) electrons. The van der Waals surface area contributed by atoms with Crippen molar-refractivity contribution in [1.82, 2.24) is 0 Å². The van der Waals surface area contributed by atoms with Crippen LogP contribution in [0.3, 0.4) is 0 Å². The number of aliphatic hydroxyl groups excluding tert-OH is 1. The van der Waals surface area contributed by atoms with Crippen LogP contribution in [0.2, 0.25) is 23.2 Å². The summed E-state index contributed by atoms with van der Waals surface area (Å²) in [5.74, 6) is 0.00373. The third-order valence-corrected chi connectivity index (χ3v) is 20.3. The van der Waals surface area contributed by atoms with E-state index < -0.39 is 41.1 Å². The lowest BCUT2D eigenvalue weighted by Gasteiger charge is -2.48. The minimum atomic E-state index is -3.14. The molecule has 4 rings (SSSR count). The van der Waals surface area contributed by atoms with Crippen molar-refractivity contribution in [2.45, 2.75) is 129 Å². The zero-order valence-corrected chi connectivity index (χ0v) is 35.8. The summed E-state index contributed by atoms with van der Waals surface area (Å²) >= 11 is 0. The van der Waals surface area contributed by atoms with Crippen LogP contribution in [0.1, 0.15) is 79.4 Å². The predicted octanol–water partition coefficient (Wildman–Crippen LogP) is 9.52. The number of carbonyl (C=O) groups is 1. The summed E-state index contributed by atoms with van der Waals surface area (Å²) in [5.41, 5.74) is 2.15. The molecule has 0 aromatic heterocycles. The van der Waals surface area contributed by atoms with Gasteiger partial charge in [0, 0.05) is 6.42 Å². The molecule has 53 heavy (non-hydrogen) atoms. The van der Waals surface area contributed by atoms with Crippen LogP contribution in [0.25, 0.3) is 0 Å². The number of benzene rings is 4. The molecule has 4 aromatic rings. The minimum absolute atomic E-state index is 0.0992. The number of aliphatic hydroxyl groups is 1. The van der Waals surface area contributed by atoms with Gasteiger partial charge in [0.05, 0.1) is 12.7 Å². The fraction of sp³-hybridized carbons (Fsp3) is 0.457. The molecule has 0 aliphatic rings. The summed E-state index contributed by atoms with van der Waals surface area (Å²) in [6.45, 7) is 21.9. The molecule has 1 N–H and O–H groups in total. The summed E-state index contributed by atoms with van der Waals surface area (Å²) in [6, 6.07) is 41.6. The van der Waals surface area contributed by atoms with Crippen molar-refractivity contribution in [3.05, 3.63) is 132 Å². The summed E-state index contributed by atoms with van der Waals surface area (Å²) in [4.78, 5) is 14.3. The van der Waals surface area contributed by atoms with Crippen molar-refractivity contribution in [2.75, 3.05) is 0 Å². The molecule has 5 nitrogen and oxygen atoms in total. The van der Waals surface area contributed by atoms with E-state index in [2.05, 4.69) is 127 Å². The molecule has 0 saturated carbocycles. The van der Waals surface area contributed by atoms with Gasteiger partial charge in [0.25, 0.3) is 8.32 Å². The van der Waals surface area contributed by atoms with E-state index in [9.17, 15) is 9.90 Å². The van der Waals surface area contributed by atoms with Crippen molar-refractivity contribution in [2.24, 2.45) is 5.92 Å². The van der Waals surface area contributed by atoms with Gasteiger partial charge in [-0.05, 0) is 63.4 Å². The highest BCUT2D eigenvalue weighted by Gasteiger charge is 2.54. The molecule has 0 fully saturated rings.